The summed E-state index contributed by atoms with van der Waals surface area (Å²) in [7, 11) is 0. The molecule has 2 heterocycles. The minimum Gasteiger partial charge on any atom is -0.506 e. The maximum absolute atomic E-state index is 12.6. The maximum Gasteiger partial charge on any atom is 0.324 e. The number of ether oxygens (including phenoxy) is 1. The van der Waals surface area contributed by atoms with Gasteiger partial charge >= 0.3 is 6.03 Å². The zero-order chi connectivity index (χ0) is 13.2. The van der Waals surface area contributed by atoms with E-state index in [-0.39, 0.29) is 11.8 Å². The number of rotatable bonds is 0. The van der Waals surface area contributed by atoms with Crippen LogP contribution in [0.4, 0.5) is 10.5 Å². The first kappa shape index (κ1) is 12.3. The Hall–Kier alpha value is -1.75. The van der Waals surface area contributed by atoms with Crippen LogP contribution in [-0.4, -0.2) is 48.9 Å². The summed E-state index contributed by atoms with van der Waals surface area (Å²) in [6, 6.07) is 5.43. The van der Waals surface area contributed by atoms with Crippen molar-refractivity contribution in [3.05, 3.63) is 23.8 Å². The van der Waals surface area contributed by atoms with E-state index < -0.39 is 0 Å². The highest BCUT2D eigenvalue weighted by molar-refractivity contribution is 5.95. The van der Waals surface area contributed by atoms with Crippen LogP contribution in [0, 0.1) is 0 Å². The van der Waals surface area contributed by atoms with Crippen LogP contribution in [0.2, 0.25) is 0 Å². The summed E-state index contributed by atoms with van der Waals surface area (Å²) in [5, 5.41) is 10.0. The molecule has 0 radical (unpaired) electrons. The number of hydrogen-bond donors (Lipinski definition) is 1. The van der Waals surface area contributed by atoms with Crippen LogP contribution in [-0.2, 0) is 11.2 Å². The molecule has 1 fully saturated rings. The van der Waals surface area contributed by atoms with Gasteiger partial charge in [0.2, 0.25) is 0 Å². The molecule has 1 aromatic rings. The van der Waals surface area contributed by atoms with Gasteiger partial charge in [-0.25, -0.2) is 4.79 Å². The number of urea groups is 1. The lowest BCUT2D eigenvalue weighted by atomic mass is 10.0. The predicted molar refractivity (Wildman–Crippen MR) is 71.6 cm³/mol. The third kappa shape index (κ3) is 2.26. The number of nitrogens with zero attached hydrogens (tertiary/aromatic N) is 2. The number of carbonyl (C=O) groups is 1. The number of anilines is 1. The molecule has 5 heteroatoms. The van der Waals surface area contributed by atoms with Crippen molar-refractivity contribution in [1.82, 2.24) is 4.90 Å². The number of phenols is 1. The Balaban J connectivity index is 1.88. The fourth-order valence-corrected chi connectivity index (χ4v) is 2.75. The lowest BCUT2D eigenvalue weighted by Crippen LogP contribution is -2.49. The molecule has 0 saturated carbocycles. The molecule has 5 nitrogen and oxygen atoms in total. The zero-order valence-electron chi connectivity index (χ0n) is 10.8. The van der Waals surface area contributed by atoms with E-state index in [1.54, 1.807) is 15.9 Å². The smallest absolute Gasteiger partial charge is 0.324 e. The first-order chi connectivity index (χ1) is 9.27. The average Bonchev–Trinajstić information content (AvgIpc) is 2.47. The minimum atomic E-state index is -0.0225. The summed E-state index contributed by atoms with van der Waals surface area (Å²) in [5.74, 6) is 0.193. The van der Waals surface area contributed by atoms with Gasteiger partial charge in [0.25, 0.3) is 0 Å². The third-order valence-electron chi connectivity index (χ3n) is 3.71. The van der Waals surface area contributed by atoms with Crippen molar-refractivity contribution in [3.8, 4) is 5.75 Å². The van der Waals surface area contributed by atoms with Crippen molar-refractivity contribution in [2.24, 2.45) is 0 Å². The Labute approximate surface area is 112 Å². The first-order valence-electron chi connectivity index (χ1n) is 6.72. The number of fused-ring (bicyclic) bond motifs is 1. The predicted octanol–water partition coefficient (Wildman–Crippen LogP) is 1.60. The summed E-state index contributed by atoms with van der Waals surface area (Å²) in [4.78, 5) is 16.1. The van der Waals surface area contributed by atoms with Gasteiger partial charge in [-0.3, -0.25) is 4.90 Å². The van der Waals surface area contributed by atoms with Crippen LogP contribution in [0.1, 0.15) is 12.0 Å². The van der Waals surface area contributed by atoms with Gasteiger partial charge in [0.05, 0.1) is 18.9 Å². The second-order valence-corrected chi connectivity index (χ2v) is 4.92. The Bertz CT molecular complexity index is 484. The molecule has 19 heavy (non-hydrogen) atoms. The lowest BCUT2D eigenvalue weighted by Gasteiger charge is -2.36. The molecule has 1 saturated heterocycles. The van der Waals surface area contributed by atoms with E-state index in [0.29, 0.717) is 38.5 Å². The highest BCUT2D eigenvalue weighted by Crippen LogP contribution is 2.35. The summed E-state index contributed by atoms with van der Waals surface area (Å²) in [6.45, 7) is 3.09. The third-order valence-corrected chi connectivity index (χ3v) is 3.71. The van der Waals surface area contributed by atoms with Gasteiger partial charge < -0.3 is 14.7 Å². The molecule has 0 spiro atoms. The fraction of sp³-hybridized carbons (Fsp3) is 0.500. The molecular weight excluding hydrogens is 244 g/mol. The van der Waals surface area contributed by atoms with Crippen LogP contribution in [0.5, 0.6) is 5.75 Å². The van der Waals surface area contributed by atoms with Crippen molar-refractivity contribution >= 4 is 11.7 Å². The van der Waals surface area contributed by atoms with Gasteiger partial charge in [0.1, 0.15) is 5.75 Å². The standard InChI is InChI=1S/C14H18N2O3/c17-12-5-1-3-11-4-2-6-16(13(11)12)14(18)15-7-9-19-10-8-15/h1,3,5,17H,2,4,6-10H2. The van der Waals surface area contributed by atoms with Crippen LogP contribution in [0.15, 0.2) is 18.2 Å². The highest BCUT2D eigenvalue weighted by atomic mass is 16.5. The fourth-order valence-electron chi connectivity index (χ4n) is 2.75. The number of amides is 2. The molecular formula is C14H18N2O3. The molecule has 3 rings (SSSR count). The van der Waals surface area contributed by atoms with Crippen molar-refractivity contribution in [3.63, 3.8) is 0 Å². The van der Waals surface area contributed by atoms with Crippen LogP contribution < -0.4 is 4.90 Å². The largest absolute Gasteiger partial charge is 0.506 e. The molecule has 0 bridgehead atoms. The van der Waals surface area contributed by atoms with E-state index in [2.05, 4.69) is 0 Å². The average molecular weight is 262 g/mol. The van der Waals surface area contributed by atoms with E-state index in [1.165, 1.54) is 0 Å². The summed E-state index contributed by atoms with van der Waals surface area (Å²) in [6.07, 6.45) is 1.85. The Kier molecular flexibility index (Phi) is 3.29. The van der Waals surface area contributed by atoms with Crippen molar-refractivity contribution < 1.29 is 14.6 Å². The van der Waals surface area contributed by atoms with Crippen LogP contribution >= 0.6 is 0 Å². The van der Waals surface area contributed by atoms with Crippen molar-refractivity contribution in [1.29, 1.82) is 0 Å². The number of para-hydroxylation sites is 1. The Morgan fingerprint density at radius 2 is 2.00 bits per heavy atom. The quantitative estimate of drug-likeness (QED) is 0.772. The molecule has 2 amide bonds. The number of morpholine rings is 1. The number of hydrogen-bond acceptors (Lipinski definition) is 3. The normalized spacial score (nSPS) is 19.2. The van der Waals surface area contributed by atoms with Crippen LogP contribution in [0.3, 0.4) is 0 Å². The number of phenolic OH excluding ortho intramolecular Hbond substituents is 1. The number of aryl methyl sites for hydroxylation is 1. The summed E-state index contributed by atoms with van der Waals surface area (Å²) < 4.78 is 5.27. The van der Waals surface area contributed by atoms with Gasteiger partial charge in [-0.2, -0.15) is 0 Å². The molecule has 0 unspecified atom stereocenters. The maximum atomic E-state index is 12.6. The van der Waals surface area contributed by atoms with Crippen molar-refractivity contribution in [2.45, 2.75) is 12.8 Å². The molecule has 2 aliphatic heterocycles. The van der Waals surface area contributed by atoms with E-state index in [0.717, 1.165) is 18.4 Å². The van der Waals surface area contributed by atoms with Crippen molar-refractivity contribution in [2.75, 3.05) is 37.7 Å². The van der Waals surface area contributed by atoms with E-state index >= 15 is 0 Å². The minimum absolute atomic E-state index is 0.0225. The monoisotopic (exact) mass is 262 g/mol. The van der Waals surface area contributed by atoms with Gasteiger partial charge in [0.15, 0.2) is 0 Å². The highest BCUT2D eigenvalue weighted by Gasteiger charge is 2.29. The molecule has 0 aromatic heterocycles. The SMILES string of the molecule is O=C(N1CCOCC1)N1CCCc2cccc(O)c21. The Morgan fingerprint density at radius 3 is 2.79 bits per heavy atom. The second kappa shape index (κ2) is 5.09. The van der Waals surface area contributed by atoms with Gasteiger partial charge in [0, 0.05) is 19.6 Å². The molecule has 2 aliphatic rings. The molecule has 0 aliphatic carbocycles. The number of carbonyl (C=O) groups excluding carboxylic acids is 1. The van der Waals surface area contributed by atoms with E-state index in [9.17, 15) is 9.90 Å². The second-order valence-electron chi connectivity index (χ2n) is 4.92. The summed E-state index contributed by atoms with van der Waals surface area (Å²) >= 11 is 0. The van der Waals surface area contributed by atoms with E-state index in [1.807, 2.05) is 12.1 Å². The molecule has 1 N–H and O–H groups in total. The molecule has 102 valence electrons. The van der Waals surface area contributed by atoms with Gasteiger partial charge in [-0.15, -0.1) is 0 Å². The molecule has 0 atom stereocenters. The molecule has 1 aromatic carbocycles. The lowest BCUT2D eigenvalue weighted by molar-refractivity contribution is 0.0548. The Morgan fingerprint density at radius 1 is 1.21 bits per heavy atom. The summed E-state index contributed by atoms with van der Waals surface area (Å²) in [5.41, 5.74) is 1.73. The van der Waals surface area contributed by atoms with Gasteiger partial charge in [-0.1, -0.05) is 12.1 Å². The van der Waals surface area contributed by atoms with Crippen LogP contribution in [0.25, 0.3) is 0 Å². The topological polar surface area (TPSA) is 53.0 Å². The number of aromatic hydroxyl groups is 1. The number of benzene rings is 1. The van der Waals surface area contributed by atoms with E-state index in [4.69, 9.17) is 4.74 Å². The zero-order valence-corrected chi connectivity index (χ0v) is 10.8. The van der Waals surface area contributed by atoms with Gasteiger partial charge in [-0.05, 0) is 24.5 Å². The first-order valence-corrected chi connectivity index (χ1v) is 6.72.